The highest BCUT2D eigenvalue weighted by Gasteiger charge is 2.04. The number of aliphatic hydroxyl groups excluding tert-OH is 6. The third-order valence-corrected chi connectivity index (χ3v) is 2.86. The molecule has 0 amide bonds. The summed E-state index contributed by atoms with van der Waals surface area (Å²) in [6.45, 7) is 11.7. The Hall–Kier alpha value is -0.240. The molecule has 27 heavy (non-hydrogen) atoms. The maximum Gasteiger partial charge on any atom is 0.0773 e. The van der Waals surface area contributed by atoms with Gasteiger partial charge in [-0.3, -0.25) is 0 Å². The fourth-order valence-electron chi connectivity index (χ4n) is 1.86. The van der Waals surface area contributed by atoms with E-state index in [-0.39, 0.29) is 42.1 Å². The van der Waals surface area contributed by atoms with Crippen LogP contribution in [0.2, 0.25) is 0 Å². The van der Waals surface area contributed by atoms with Gasteiger partial charge in [-0.05, 0) is 37.0 Å². The van der Waals surface area contributed by atoms with E-state index in [0.29, 0.717) is 37.0 Å². The van der Waals surface area contributed by atoms with Crippen LogP contribution in [0.25, 0.3) is 0 Å². The third-order valence-electron chi connectivity index (χ3n) is 2.86. The van der Waals surface area contributed by atoms with Crippen molar-refractivity contribution in [1.29, 1.82) is 0 Å². The molecule has 0 aliphatic heterocycles. The van der Waals surface area contributed by atoms with E-state index in [4.69, 9.17) is 30.6 Å². The van der Waals surface area contributed by atoms with Crippen LogP contribution in [-0.2, 0) is 0 Å². The van der Waals surface area contributed by atoms with Crippen LogP contribution in [0, 0.1) is 17.8 Å². The number of aliphatic hydroxyl groups is 6. The first-order chi connectivity index (χ1) is 11.0. The predicted molar refractivity (Wildman–Crippen MR) is 118 cm³/mol. The molecule has 6 N–H and O–H groups in total. The molecule has 0 aliphatic rings. The molecule has 0 saturated carbocycles. The lowest BCUT2D eigenvalue weighted by Gasteiger charge is -2.08. The molecule has 6 heteroatoms. The van der Waals surface area contributed by atoms with Gasteiger partial charge in [-0.2, -0.15) is 0 Å². The van der Waals surface area contributed by atoms with E-state index in [0.717, 1.165) is 0 Å². The Morgan fingerprint density at radius 3 is 0.630 bits per heavy atom. The third kappa shape index (κ3) is 46.1. The molecular formula is C21H54O6. The molecular weight excluding hydrogens is 348 g/mol. The molecule has 0 bridgehead atoms. The predicted octanol–water partition coefficient (Wildman–Crippen LogP) is 3.07. The summed E-state index contributed by atoms with van der Waals surface area (Å²) in [5, 5.41) is 51.3. The van der Waals surface area contributed by atoms with Crippen LogP contribution in [-0.4, -0.2) is 68.8 Å². The normalized spacial score (nSPS) is 13.0. The summed E-state index contributed by atoms with van der Waals surface area (Å²) >= 11 is 0. The first kappa shape index (κ1) is 41.2. The molecule has 0 radical (unpaired) electrons. The van der Waals surface area contributed by atoms with Crippen LogP contribution in [0.3, 0.4) is 0 Å². The Morgan fingerprint density at radius 2 is 0.593 bits per heavy atom. The number of hydrogen-bond donors (Lipinski definition) is 6. The van der Waals surface area contributed by atoms with Gasteiger partial charge < -0.3 is 30.6 Å². The maximum absolute atomic E-state index is 8.78. The molecule has 3 atom stereocenters. The fourth-order valence-corrected chi connectivity index (χ4v) is 1.86. The highest BCUT2D eigenvalue weighted by atomic mass is 16.3. The Labute approximate surface area is 170 Å². The summed E-state index contributed by atoms with van der Waals surface area (Å²) in [6, 6.07) is 0. The maximum atomic E-state index is 8.78. The van der Waals surface area contributed by atoms with E-state index in [9.17, 15) is 0 Å². The molecule has 0 aliphatic carbocycles. The zero-order valence-corrected chi connectivity index (χ0v) is 16.4. The molecule has 0 aromatic heterocycles. The van der Waals surface area contributed by atoms with Crippen LogP contribution in [0.4, 0.5) is 0 Å². The molecule has 0 fully saturated rings. The largest absolute Gasteiger partial charge is 0.394 e. The average Bonchev–Trinajstić information content (AvgIpc) is 2.46. The van der Waals surface area contributed by atoms with Crippen molar-refractivity contribution in [2.75, 3.05) is 19.8 Å². The average molecular weight is 403 g/mol. The Morgan fingerprint density at radius 1 is 0.444 bits per heavy atom. The van der Waals surface area contributed by atoms with E-state index in [2.05, 4.69) is 0 Å². The lowest BCUT2D eigenvalue weighted by Crippen LogP contribution is -2.14. The van der Waals surface area contributed by atoms with Crippen molar-refractivity contribution >= 4 is 0 Å². The summed E-state index contributed by atoms with van der Waals surface area (Å²) < 4.78 is 0. The van der Waals surface area contributed by atoms with Gasteiger partial charge in [-0.25, -0.2) is 0 Å². The fraction of sp³-hybridized carbons (Fsp3) is 1.00. The highest BCUT2D eigenvalue weighted by molar-refractivity contribution is 4.55. The van der Waals surface area contributed by atoms with E-state index < -0.39 is 18.3 Å². The first-order valence-electron chi connectivity index (χ1n) is 8.86. The summed E-state index contributed by atoms with van der Waals surface area (Å²) in [7, 11) is 0. The van der Waals surface area contributed by atoms with Crippen LogP contribution < -0.4 is 0 Å². The van der Waals surface area contributed by atoms with E-state index in [1.165, 1.54) is 0 Å². The summed E-state index contributed by atoms with van der Waals surface area (Å²) in [5.74, 6) is 1.41. The van der Waals surface area contributed by atoms with E-state index >= 15 is 0 Å². The van der Waals surface area contributed by atoms with Gasteiger partial charge in [0.15, 0.2) is 0 Å². The molecule has 0 heterocycles. The second-order valence-corrected chi connectivity index (χ2v) is 7.40. The van der Waals surface area contributed by atoms with Crippen molar-refractivity contribution in [2.45, 2.75) is 101 Å². The van der Waals surface area contributed by atoms with Gasteiger partial charge in [0, 0.05) is 0 Å². The summed E-state index contributed by atoms with van der Waals surface area (Å²) in [4.78, 5) is 0. The van der Waals surface area contributed by atoms with Crippen LogP contribution in [0.5, 0.6) is 0 Å². The minimum absolute atomic E-state index is 0. The van der Waals surface area contributed by atoms with Gasteiger partial charge in [-0.15, -0.1) is 0 Å². The van der Waals surface area contributed by atoms with Crippen LogP contribution >= 0.6 is 0 Å². The van der Waals surface area contributed by atoms with Crippen LogP contribution in [0.1, 0.15) is 83.1 Å². The SMILES string of the molecule is C.C.C.CC(C)CC(O)CO.CC(C)C[C@@H](O)CO.CC(C)C[C@H](O)CO. The smallest absolute Gasteiger partial charge is 0.0773 e. The topological polar surface area (TPSA) is 121 Å². The minimum Gasteiger partial charge on any atom is -0.394 e. The van der Waals surface area contributed by atoms with Crippen molar-refractivity contribution < 1.29 is 30.6 Å². The van der Waals surface area contributed by atoms with Crippen molar-refractivity contribution in [3.8, 4) is 0 Å². The number of hydrogen-bond acceptors (Lipinski definition) is 6. The van der Waals surface area contributed by atoms with E-state index in [1.54, 1.807) is 0 Å². The molecule has 6 nitrogen and oxygen atoms in total. The highest BCUT2D eigenvalue weighted by Crippen LogP contribution is 2.03. The molecule has 1 unspecified atom stereocenters. The van der Waals surface area contributed by atoms with Crippen molar-refractivity contribution in [2.24, 2.45) is 17.8 Å². The van der Waals surface area contributed by atoms with Gasteiger partial charge in [0.1, 0.15) is 0 Å². The monoisotopic (exact) mass is 402 g/mol. The van der Waals surface area contributed by atoms with E-state index in [1.807, 2.05) is 41.5 Å². The summed E-state index contributed by atoms with van der Waals surface area (Å²) in [6.07, 6.45) is 0.517. The lowest BCUT2D eigenvalue weighted by atomic mass is 10.1. The lowest BCUT2D eigenvalue weighted by molar-refractivity contribution is 0.0781. The molecule has 0 rings (SSSR count). The molecule has 174 valence electrons. The van der Waals surface area contributed by atoms with Gasteiger partial charge in [0.2, 0.25) is 0 Å². The molecule has 0 aromatic carbocycles. The summed E-state index contributed by atoms with van der Waals surface area (Å²) in [5.41, 5.74) is 0. The van der Waals surface area contributed by atoms with Gasteiger partial charge >= 0.3 is 0 Å². The van der Waals surface area contributed by atoms with Crippen molar-refractivity contribution in [3.63, 3.8) is 0 Å². The quantitative estimate of drug-likeness (QED) is 0.352. The van der Waals surface area contributed by atoms with Crippen molar-refractivity contribution in [1.82, 2.24) is 0 Å². The Balaban J connectivity index is -0.0000000580. The minimum atomic E-state index is -0.519. The Bertz CT molecular complexity index is 197. The van der Waals surface area contributed by atoms with Crippen LogP contribution in [0.15, 0.2) is 0 Å². The second kappa shape index (κ2) is 28.0. The molecule has 0 spiro atoms. The second-order valence-electron chi connectivity index (χ2n) is 7.40. The molecule has 0 aromatic rings. The van der Waals surface area contributed by atoms with Gasteiger partial charge in [0.05, 0.1) is 38.1 Å². The zero-order valence-electron chi connectivity index (χ0n) is 16.4. The molecule has 0 saturated heterocycles. The number of rotatable bonds is 9. The zero-order chi connectivity index (χ0) is 19.7. The standard InChI is InChI=1S/3C6H14O2.3CH4/c3*1-5(2)3-6(8)4-7;;;/h3*5-8H,3-4H2,1-2H3;3*1H4/t2*6-;;;;/m10..../s1. The first-order valence-corrected chi connectivity index (χ1v) is 8.86. The van der Waals surface area contributed by atoms with Gasteiger partial charge in [0.25, 0.3) is 0 Å². The Kier molecular flexibility index (Phi) is 42.7. The van der Waals surface area contributed by atoms with Gasteiger partial charge in [-0.1, -0.05) is 63.8 Å². The van der Waals surface area contributed by atoms with Crippen molar-refractivity contribution in [3.05, 3.63) is 0 Å².